The van der Waals surface area contributed by atoms with E-state index in [9.17, 15) is 9.59 Å². The van der Waals surface area contributed by atoms with Gasteiger partial charge in [0.1, 0.15) is 0 Å². The Hall–Kier alpha value is -3.66. The molecule has 0 heterocycles. The number of carbonyl (C=O) groups is 2. The van der Waals surface area contributed by atoms with Gasteiger partial charge in [0.25, 0.3) is 0 Å². The van der Waals surface area contributed by atoms with E-state index < -0.39 is 24.1 Å². The molecule has 3 aromatic carbocycles. The van der Waals surface area contributed by atoms with Crippen LogP contribution in [0.4, 0.5) is 0 Å². The average molecular weight is 370 g/mol. The molecule has 0 aromatic heterocycles. The maximum absolute atomic E-state index is 12.6. The van der Waals surface area contributed by atoms with E-state index in [-0.39, 0.29) is 0 Å². The van der Waals surface area contributed by atoms with Crippen molar-refractivity contribution in [3.05, 3.63) is 113 Å². The van der Waals surface area contributed by atoms with Crippen molar-refractivity contribution < 1.29 is 19.1 Å². The summed E-state index contributed by atoms with van der Waals surface area (Å²) in [6, 6.07) is 25.1. The van der Waals surface area contributed by atoms with Gasteiger partial charge in [-0.3, -0.25) is 0 Å². The topological polar surface area (TPSA) is 52.6 Å². The fraction of sp³-hybridized carbons (Fsp3) is 0.0833. The van der Waals surface area contributed by atoms with E-state index in [2.05, 4.69) is 0 Å². The monoisotopic (exact) mass is 370 g/mol. The third kappa shape index (κ3) is 3.71. The number of hydrogen-bond acceptors (Lipinski definition) is 4. The first-order valence-electron chi connectivity index (χ1n) is 9.01. The quantitative estimate of drug-likeness (QED) is 0.617. The Morgan fingerprint density at radius 3 is 1.82 bits per heavy atom. The second-order valence-corrected chi connectivity index (χ2v) is 6.42. The predicted molar refractivity (Wildman–Crippen MR) is 106 cm³/mol. The number of esters is 2. The van der Waals surface area contributed by atoms with Crippen molar-refractivity contribution >= 4 is 18.0 Å². The number of hydrogen-bond donors (Lipinski definition) is 0. The van der Waals surface area contributed by atoms with Crippen LogP contribution in [0, 0.1) is 0 Å². The first kappa shape index (κ1) is 17.7. The Morgan fingerprint density at radius 1 is 0.643 bits per heavy atom. The minimum Gasteiger partial charge on any atom is -0.450 e. The normalized spacial score (nSPS) is 17.4. The van der Waals surface area contributed by atoms with Gasteiger partial charge in [-0.15, -0.1) is 0 Å². The lowest BCUT2D eigenvalue weighted by molar-refractivity contribution is -0.0229. The van der Waals surface area contributed by atoms with Gasteiger partial charge in [-0.2, -0.15) is 0 Å². The number of fused-ring (bicyclic) bond motifs is 1. The fourth-order valence-corrected chi connectivity index (χ4v) is 3.15. The van der Waals surface area contributed by atoms with Crippen LogP contribution in [-0.4, -0.2) is 18.0 Å². The average Bonchev–Trinajstić information content (AvgIpc) is 2.76. The molecule has 0 spiro atoms. The minimum atomic E-state index is -0.721. The van der Waals surface area contributed by atoms with Crippen LogP contribution in [0.15, 0.2) is 91.0 Å². The Morgan fingerprint density at radius 2 is 1.18 bits per heavy atom. The highest BCUT2D eigenvalue weighted by molar-refractivity contribution is 5.90. The van der Waals surface area contributed by atoms with Crippen LogP contribution in [0.1, 0.15) is 37.9 Å². The molecule has 2 unspecified atom stereocenters. The van der Waals surface area contributed by atoms with Crippen LogP contribution in [-0.2, 0) is 9.47 Å². The highest BCUT2D eigenvalue weighted by atomic mass is 16.6. The van der Waals surface area contributed by atoms with E-state index in [0.717, 1.165) is 11.1 Å². The minimum absolute atomic E-state index is 0.447. The Balaban J connectivity index is 1.61. The molecular formula is C24H18O4. The van der Waals surface area contributed by atoms with Crippen LogP contribution in [0.5, 0.6) is 0 Å². The Kier molecular flexibility index (Phi) is 5.02. The second kappa shape index (κ2) is 7.92. The largest absolute Gasteiger partial charge is 0.450 e. The lowest BCUT2D eigenvalue weighted by Crippen LogP contribution is -2.30. The SMILES string of the molecule is O=C(OC1C=Cc2ccccc2C1OC(=O)c1ccccc1)c1ccccc1. The van der Waals surface area contributed by atoms with Crippen LogP contribution in [0.3, 0.4) is 0 Å². The van der Waals surface area contributed by atoms with Gasteiger partial charge in [-0.1, -0.05) is 66.7 Å². The maximum Gasteiger partial charge on any atom is 0.338 e. The highest BCUT2D eigenvalue weighted by Gasteiger charge is 2.33. The van der Waals surface area contributed by atoms with Crippen molar-refractivity contribution in [1.29, 1.82) is 0 Å². The van der Waals surface area contributed by atoms with Crippen molar-refractivity contribution in [2.24, 2.45) is 0 Å². The summed E-state index contributed by atoms with van der Waals surface area (Å²) in [5, 5.41) is 0. The highest BCUT2D eigenvalue weighted by Crippen LogP contribution is 2.34. The molecule has 4 heteroatoms. The van der Waals surface area contributed by atoms with Crippen molar-refractivity contribution in [2.75, 3.05) is 0 Å². The van der Waals surface area contributed by atoms with Gasteiger partial charge >= 0.3 is 11.9 Å². The molecule has 2 atom stereocenters. The number of carbonyl (C=O) groups excluding carboxylic acids is 2. The van der Waals surface area contributed by atoms with E-state index in [4.69, 9.17) is 9.47 Å². The molecule has 3 aromatic rings. The fourth-order valence-electron chi connectivity index (χ4n) is 3.15. The van der Waals surface area contributed by atoms with Crippen molar-refractivity contribution in [1.82, 2.24) is 0 Å². The lowest BCUT2D eigenvalue weighted by Gasteiger charge is -2.29. The van der Waals surface area contributed by atoms with Crippen LogP contribution in [0.2, 0.25) is 0 Å². The molecule has 4 rings (SSSR count). The summed E-state index contributed by atoms with van der Waals surface area (Å²) in [5.41, 5.74) is 2.63. The first-order valence-corrected chi connectivity index (χ1v) is 9.01. The third-order valence-electron chi connectivity index (χ3n) is 4.56. The van der Waals surface area contributed by atoms with Crippen LogP contribution in [0.25, 0.3) is 6.08 Å². The molecule has 1 aliphatic rings. The van der Waals surface area contributed by atoms with Gasteiger partial charge in [0.15, 0.2) is 12.2 Å². The molecule has 1 aliphatic carbocycles. The molecule has 0 radical (unpaired) electrons. The molecule has 138 valence electrons. The Labute approximate surface area is 163 Å². The number of rotatable bonds is 4. The van der Waals surface area contributed by atoms with Crippen LogP contribution < -0.4 is 0 Å². The molecule has 0 N–H and O–H groups in total. The van der Waals surface area contributed by atoms with Gasteiger partial charge in [0.05, 0.1) is 11.1 Å². The van der Waals surface area contributed by atoms with Gasteiger partial charge in [-0.25, -0.2) is 9.59 Å². The van der Waals surface area contributed by atoms with Gasteiger partial charge in [0.2, 0.25) is 0 Å². The van der Waals surface area contributed by atoms with E-state index in [0.29, 0.717) is 11.1 Å². The zero-order chi connectivity index (χ0) is 19.3. The molecule has 28 heavy (non-hydrogen) atoms. The van der Waals surface area contributed by atoms with E-state index >= 15 is 0 Å². The van der Waals surface area contributed by atoms with Gasteiger partial charge in [-0.05, 0) is 35.9 Å². The van der Waals surface area contributed by atoms with Crippen molar-refractivity contribution in [3.63, 3.8) is 0 Å². The number of benzene rings is 3. The summed E-state index contributed by atoms with van der Waals surface area (Å²) in [5.74, 6) is -0.924. The molecular weight excluding hydrogens is 352 g/mol. The molecule has 0 amide bonds. The number of ether oxygens (including phenoxy) is 2. The lowest BCUT2D eigenvalue weighted by atomic mass is 9.92. The van der Waals surface area contributed by atoms with E-state index in [1.807, 2.05) is 42.5 Å². The van der Waals surface area contributed by atoms with Gasteiger partial charge in [0, 0.05) is 5.56 Å². The maximum atomic E-state index is 12.6. The van der Waals surface area contributed by atoms with Gasteiger partial charge < -0.3 is 9.47 Å². The molecule has 0 fully saturated rings. The molecule has 0 bridgehead atoms. The smallest absolute Gasteiger partial charge is 0.338 e. The Bertz CT molecular complexity index is 1010. The summed E-state index contributed by atoms with van der Waals surface area (Å²) in [6.07, 6.45) is 2.20. The van der Waals surface area contributed by atoms with E-state index in [1.165, 1.54) is 0 Å². The summed E-state index contributed by atoms with van der Waals surface area (Å²) < 4.78 is 11.5. The van der Waals surface area contributed by atoms with E-state index in [1.54, 1.807) is 54.6 Å². The standard InChI is InChI=1S/C24H18O4/c25-23(18-10-3-1-4-11-18)27-21-16-15-17-9-7-8-14-20(17)22(21)28-24(26)19-12-5-2-6-13-19/h1-16,21-22H. The first-order chi connectivity index (χ1) is 13.7. The summed E-state index contributed by atoms with van der Waals surface area (Å²) in [7, 11) is 0. The predicted octanol–water partition coefficient (Wildman–Crippen LogP) is 4.84. The third-order valence-corrected chi connectivity index (χ3v) is 4.56. The summed E-state index contributed by atoms with van der Waals surface area (Å²) >= 11 is 0. The van der Waals surface area contributed by atoms with Crippen LogP contribution >= 0.6 is 0 Å². The second-order valence-electron chi connectivity index (χ2n) is 6.42. The molecule has 0 saturated carbocycles. The van der Waals surface area contributed by atoms with Crippen molar-refractivity contribution in [2.45, 2.75) is 12.2 Å². The zero-order valence-electron chi connectivity index (χ0n) is 15.0. The van der Waals surface area contributed by atoms with Crippen molar-refractivity contribution in [3.8, 4) is 0 Å². The summed E-state index contributed by atoms with van der Waals surface area (Å²) in [6.45, 7) is 0. The molecule has 0 aliphatic heterocycles. The summed E-state index contributed by atoms with van der Waals surface area (Å²) in [4.78, 5) is 25.2. The zero-order valence-corrected chi connectivity index (χ0v) is 15.0. The molecule has 4 nitrogen and oxygen atoms in total. The molecule has 0 saturated heterocycles.